The van der Waals surface area contributed by atoms with Crippen LogP contribution in [0.4, 0.5) is 0 Å². The number of fused-ring (bicyclic) bond motifs is 1. The molecule has 1 aliphatic rings. The molecule has 2 aromatic carbocycles. The lowest BCUT2D eigenvalue weighted by atomic mass is 10.1. The fourth-order valence-corrected chi connectivity index (χ4v) is 3.38. The quantitative estimate of drug-likeness (QED) is 0.733. The summed E-state index contributed by atoms with van der Waals surface area (Å²) in [7, 11) is 0. The van der Waals surface area contributed by atoms with Crippen LogP contribution in [0.25, 0.3) is 10.8 Å². The molecule has 0 radical (unpaired) electrons. The second-order valence-corrected chi connectivity index (χ2v) is 7.00. The zero-order valence-electron chi connectivity index (χ0n) is 15.3. The average Bonchev–Trinajstić information content (AvgIpc) is 2.65. The van der Waals surface area contributed by atoms with Crippen LogP contribution >= 0.6 is 11.6 Å². The van der Waals surface area contributed by atoms with Crippen molar-refractivity contribution in [1.82, 2.24) is 4.90 Å². The number of halogens is 1. The minimum absolute atomic E-state index is 0.0325. The summed E-state index contributed by atoms with van der Waals surface area (Å²) >= 11 is 6.17. The van der Waals surface area contributed by atoms with Crippen molar-refractivity contribution >= 4 is 34.2 Å². The predicted molar refractivity (Wildman–Crippen MR) is 102 cm³/mol. The van der Waals surface area contributed by atoms with Crippen LogP contribution in [0.3, 0.4) is 0 Å². The van der Waals surface area contributed by atoms with Crippen molar-refractivity contribution < 1.29 is 23.8 Å². The molecule has 0 saturated carbocycles. The van der Waals surface area contributed by atoms with Crippen LogP contribution in [-0.2, 0) is 19.1 Å². The second-order valence-electron chi connectivity index (χ2n) is 6.60. The number of hydrogen-bond acceptors (Lipinski definition) is 5. The number of carbonyl (C=O) groups is 2. The molecule has 2 aromatic rings. The van der Waals surface area contributed by atoms with Gasteiger partial charge in [0, 0.05) is 28.9 Å². The van der Waals surface area contributed by atoms with Crippen LogP contribution in [0.1, 0.15) is 13.8 Å². The minimum atomic E-state index is -0.600. The zero-order valence-corrected chi connectivity index (χ0v) is 16.1. The third kappa shape index (κ3) is 4.90. The maximum absolute atomic E-state index is 12.2. The van der Waals surface area contributed by atoms with Gasteiger partial charge in [-0.15, -0.1) is 0 Å². The van der Waals surface area contributed by atoms with Gasteiger partial charge < -0.3 is 19.1 Å². The van der Waals surface area contributed by atoms with E-state index in [9.17, 15) is 9.59 Å². The van der Waals surface area contributed by atoms with E-state index < -0.39 is 5.97 Å². The second kappa shape index (κ2) is 8.59. The summed E-state index contributed by atoms with van der Waals surface area (Å²) in [6.45, 7) is 4.22. The number of ether oxygens (including phenoxy) is 3. The fraction of sp³-hybridized carbons (Fsp3) is 0.400. The van der Waals surface area contributed by atoms with Crippen LogP contribution in [0.2, 0.25) is 5.02 Å². The lowest BCUT2D eigenvalue weighted by molar-refractivity contribution is -0.158. The molecular formula is C20H22ClNO5. The molecule has 0 N–H and O–H groups in total. The van der Waals surface area contributed by atoms with Crippen molar-refractivity contribution in [3.63, 3.8) is 0 Å². The molecule has 0 aromatic heterocycles. The van der Waals surface area contributed by atoms with E-state index in [1.165, 1.54) is 0 Å². The molecule has 0 unspecified atom stereocenters. The summed E-state index contributed by atoms with van der Waals surface area (Å²) < 4.78 is 16.2. The number of benzene rings is 2. The third-order valence-electron chi connectivity index (χ3n) is 4.31. The van der Waals surface area contributed by atoms with Gasteiger partial charge in [0.25, 0.3) is 5.91 Å². The summed E-state index contributed by atoms with van der Waals surface area (Å²) in [4.78, 5) is 25.8. The van der Waals surface area contributed by atoms with Crippen LogP contribution in [-0.4, -0.2) is 55.3 Å². The highest BCUT2D eigenvalue weighted by Crippen LogP contribution is 2.31. The summed E-state index contributed by atoms with van der Waals surface area (Å²) in [5.41, 5.74) is 0. The van der Waals surface area contributed by atoms with Crippen LogP contribution in [0.5, 0.6) is 5.75 Å². The summed E-state index contributed by atoms with van der Waals surface area (Å²) in [5, 5.41) is 2.26. The molecule has 0 bridgehead atoms. The maximum atomic E-state index is 12.2. The van der Waals surface area contributed by atoms with E-state index >= 15 is 0 Å². The van der Waals surface area contributed by atoms with E-state index in [1.54, 1.807) is 17.0 Å². The Morgan fingerprint density at radius 1 is 1.07 bits per heavy atom. The van der Waals surface area contributed by atoms with Crippen molar-refractivity contribution in [1.29, 1.82) is 0 Å². The molecule has 2 atom stereocenters. The van der Waals surface area contributed by atoms with Gasteiger partial charge in [-0.2, -0.15) is 0 Å². The predicted octanol–water partition coefficient (Wildman–Crippen LogP) is 3.05. The first-order valence-electron chi connectivity index (χ1n) is 8.83. The Balaban J connectivity index is 1.52. The first-order chi connectivity index (χ1) is 12.9. The van der Waals surface area contributed by atoms with Gasteiger partial charge in [0.15, 0.2) is 13.2 Å². The Morgan fingerprint density at radius 3 is 2.44 bits per heavy atom. The first-order valence-corrected chi connectivity index (χ1v) is 9.20. The van der Waals surface area contributed by atoms with Gasteiger partial charge in [-0.05, 0) is 26.0 Å². The van der Waals surface area contributed by atoms with Gasteiger partial charge in [0.1, 0.15) is 5.75 Å². The Bertz CT molecular complexity index is 830. The van der Waals surface area contributed by atoms with Crippen molar-refractivity contribution in [3.8, 4) is 5.75 Å². The first kappa shape index (κ1) is 19.5. The number of rotatable bonds is 5. The fourth-order valence-electron chi connectivity index (χ4n) is 3.15. The van der Waals surface area contributed by atoms with E-state index in [2.05, 4.69) is 0 Å². The standard InChI is InChI=1S/C20H22ClNO5/c1-13-9-22(10-14(2)27-13)19(23)11-26-20(24)12-25-18-8-7-17(21)15-5-3-4-6-16(15)18/h3-8,13-14H,9-12H2,1-2H3/t13-,14+. The maximum Gasteiger partial charge on any atom is 0.344 e. The van der Waals surface area contributed by atoms with Crippen LogP contribution in [0.15, 0.2) is 36.4 Å². The summed E-state index contributed by atoms with van der Waals surface area (Å²) in [5.74, 6) is -0.298. The topological polar surface area (TPSA) is 65.1 Å². The molecule has 0 aliphatic carbocycles. The minimum Gasteiger partial charge on any atom is -0.481 e. The van der Waals surface area contributed by atoms with Crippen molar-refractivity contribution in [2.75, 3.05) is 26.3 Å². The highest BCUT2D eigenvalue weighted by atomic mass is 35.5. The van der Waals surface area contributed by atoms with E-state index in [1.807, 2.05) is 38.1 Å². The molecule has 7 heteroatoms. The largest absolute Gasteiger partial charge is 0.481 e. The molecule has 1 amide bonds. The van der Waals surface area contributed by atoms with E-state index in [-0.39, 0.29) is 31.3 Å². The molecule has 1 aliphatic heterocycles. The molecule has 1 heterocycles. The summed E-state index contributed by atoms with van der Waals surface area (Å²) in [6.07, 6.45) is -0.0650. The Kier molecular flexibility index (Phi) is 6.19. The average molecular weight is 392 g/mol. The summed E-state index contributed by atoms with van der Waals surface area (Å²) in [6, 6.07) is 10.9. The molecule has 6 nitrogen and oxygen atoms in total. The Morgan fingerprint density at radius 2 is 1.74 bits per heavy atom. The highest BCUT2D eigenvalue weighted by Gasteiger charge is 2.26. The molecule has 1 fully saturated rings. The van der Waals surface area contributed by atoms with E-state index in [0.717, 1.165) is 10.8 Å². The zero-order chi connectivity index (χ0) is 19.4. The normalized spacial score (nSPS) is 19.7. The lowest BCUT2D eigenvalue weighted by Crippen LogP contribution is -2.49. The van der Waals surface area contributed by atoms with Gasteiger partial charge in [0.05, 0.1) is 12.2 Å². The van der Waals surface area contributed by atoms with Gasteiger partial charge in [-0.25, -0.2) is 4.79 Å². The number of morpholine rings is 1. The molecule has 144 valence electrons. The van der Waals surface area contributed by atoms with Gasteiger partial charge >= 0.3 is 5.97 Å². The van der Waals surface area contributed by atoms with Crippen molar-refractivity contribution in [2.24, 2.45) is 0 Å². The number of hydrogen-bond donors (Lipinski definition) is 0. The Hall–Kier alpha value is -2.31. The van der Waals surface area contributed by atoms with E-state index in [0.29, 0.717) is 23.9 Å². The Labute approximate surface area is 162 Å². The highest BCUT2D eigenvalue weighted by molar-refractivity contribution is 6.35. The van der Waals surface area contributed by atoms with Crippen LogP contribution in [0, 0.1) is 0 Å². The smallest absolute Gasteiger partial charge is 0.344 e. The molecule has 1 saturated heterocycles. The molecule has 3 rings (SSSR count). The van der Waals surface area contributed by atoms with Gasteiger partial charge in [-0.3, -0.25) is 4.79 Å². The number of esters is 1. The number of nitrogens with zero attached hydrogens (tertiary/aromatic N) is 1. The SMILES string of the molecule is C[C@@H]1CN(C(=O)COC(=O)COc2ccc(Cl)c3ccccc23)C[C@H](C)O1. The molecular weight excluding hydrogens is 370 g/mol. The van der Waals surface area contributed by atoms with E-state index in [4.69, 9.17) is 25.8 Å². The van der Waals surface area contributed by atoms with Crippen molar-refractivity contribution in [2.45, 2.75) is 26.1 Å². The van der Waals surface area contributed by atoms with Crippen LogP contribution < -0.4 is 4.74 Å². The van der Waals surface area contributed by atoms with Crippen molar-refractivity contribution in [3.05, 3.63) is 41.4 Å². The number of amides is 1. The third-order valence-corrected chi connectivity index (χ3v) is 4.63. The number of carbonyl (C=O) groups excluding carboxylic acids is 2. The molecule has 0 spiro atoms. The lowest BCUT2D eigenvalue weighted by Gasteiger charge is -2.35. The monoisotopic (exact) mass is 391 g/mol. The molecule has 27 heavy (non-hydrogen) atoms. The van der Waals surface area contributed by atoms with Gasteiger partial charge in [-0.1, -0.05) is 35.9 Å². The van der Waals surface area contributed by atoms with Gasteiger partial charge in [0.2, 0.25) is 0 Å².